The molecule has 1 aromatic carbocycles. The molecule has 0 heterocycles. The van der Waals surface area contributed by atoms with Crippen molar-refractivity contribution in [1.82, 2.24) is 5.43 Å². The summed E-state index contributed by atoms with van der Waals surface area (Å²) in [7, 11) is 0. The molecule has 3 N–H and O–H groups in total. The molecule has 2 rings (SSSR count). The summed E-state index contributed by atoms with van der Waals surface area (Å²) in [6, 6.07) is 9.00. The zero-order chi connectivity index (χ0) is 10.7. The summed E-state index contributed by atoms with van der Waals surface area (Å²) in [6.45, 7) is 2.13. The number of hydrogen-bond donors (Lipinski definition) is 2. The molecular formula is C13H20N2. The second kappa shape index (κ2) is 4.77. The van der Waals surface area contributed by atoms with Crippen LogP contribution in [0.15, 0.2) is 24.3 Å². The highest BCUT2D eigenvalue weighted by atomic mass is 15.2. The third-order valence-electron chi connectivity index (χ3n) is 3.45. The van der Waals surface area contributed by atoms with Crippen LogP contribution in [0.3, 0.4) is 0 Å². The van der Waals surface area contributed by atoms with Crippen LogP contribution in [0.25, 0.3) is 0 Å². The lowest BCUT2D eigenvalue weighted by Gasteiger charge is -2.23. The molecular weight excluding hydrogens is 184 g/mol. The predicted molar refractivity (Wildman–Crippen MR) is 63.2 cm³/mol. The molecule has 0 saturated heterocycles. The third kappa shape index (κ3) is 2.39. The summed E-state index contributed by atoms with van der Waals surface area (Å²) in [5.41, 5.74) is 5.64. The van der Waals surface area contributed by atoms with E-state index in [9.17, 15) is 0 Å². The average Bonchev–Trinajstić information content (AvgIpc) is 2.72. The van der Waals surface area contributed by atoms with Gasteiger partial charge in [-0.1, -0.05) is 42.7 Å². The first-order valence-electron chi connectivity index (χ1n) is 5.84. The molecule has 1 fully saturated rings. The van der Waals surface area contributed by atoms with Gasteiger partial charge in [-0.05, 0) is 31.2 Å². The number of hydrazine groups is 1. The summed E-state index contributed by atoms with van der Waals surface area (Å²) in [4.78, 5) is 0. The maximum Gasteiger partial charge on any atom is 0.0488 e. The smallest absolute Gasteiger partial charge is 0.0488 e. The number of aryl methyl sites for hydroxylation is 1. The van der Waals surface area contributed by atoms with Crippen molar-refractivity contribution in [3.05, 3.63) is 35.4 Å². The van der Waals surface area contributed by atoms with Gasteiger partial charge in [0.1, 0.15) is 0 Å². The summed E-state index contributed by atoms with van der Waals surface area (Å²) < 4.78 is 0. The Labute approximate surface area is 91.8 Å². The van der Waals surface area contributed by atoms with Crippen molar-refractivity contribution in [3.63, 3.8) is 0 Å². The Morgan fingerprint density at radius 2 is 2.07 bits per heavy atom. The van der Waals surface area contributed by atoms with E-state index in [0.717, 1.165) is 5.92 Å². The minimum absolute atomic E-state index is 0.340. The van der Waals surface area contributed by atoms with Crippen LogP contribution in [-0.2, 0) is 0 Å². The number of nitrogens with two attached hydrogens (primary N) is 1. The molecule has 82 valence electrons. The Kier molecular flexibility index (Phi) is 3.39. The van der Waals surface area contributed by atoms with Crippen molar-refractivity contribution < 1.29 is 0 Å². The first-order valence-corrected chi connectivity index (χ1v) is 5.84. The Bertz CT molecular complexity index is 316. The van der Waals surface area contributed by atoms with Gasteiger partial charge >= 0.3 is 0 Å². The van der Waals surface area contributed by atoms with Crippen LogP contribution in [0.4, 0.5) is 0 Å². The minimum atomic E-state index is 0.340. The van der Waals surface area contributed by atoms with Crippen molar-refractivity contribution >= 4 is 0 Å². The van der Waals surface area contributed by atoms with Gasteiger partial charge in [0.25, 0.3) is 0 Å². The van der Waals surface area contributed by atoms with Gasteiger partial charge in [0.15, 0.2) is 0 Å². The Hall–Kier alpha value is -0.860. The van der Waals surface area contributed by atoms with Crippen molar-refractivity contribution in [3.8, 4) is 0 Å². The van der Waals surface area contributed by atoms with Gasteiger partial charge in [0, 0.05) is 6.04 Å². The topological polar surface area (TPSA) is 38.0 Å². The average molecular weight is 204 g/mol. The molecule has 0 bridgehead atoms. The molecule has 1 aliphatic rings. The first kappa shape index (κ1) is 10.7. The van der Waals surface area contributed by atoms with Gasteiger partial charge in [-0.3, -0.25) is 11.3 Å². The molecule has 0 spiro atoms. The molecule has 0 aromatic heterocycles. The van der Waals surface area contributed by atoms with Crippen LogP contribution < -0.4 is 11.3 Å². The Balaban J connectivity index is 2.18. The molecule has 2 heteroatoms. The van der Waals surface area contributed by atoms with E-state index < -0.39 is 0 Å². The fourth-order valence-corrected chi connectivity index (χ4v) is 2.66. The molecule has 1 aromatic rings. The molecule has 1 saturated carbocycles. The lowest BCUT2D eigenvalue weighted by molar-refractivity contribution is 0.373. The van der Waals surface area contributed by atoms with Crippen LogP contribution in [-0.4, -0.2) is 0 Å². The van der Waals surface area contributed by atoms with E-state index in [1.807, 2.05) is 0 Å². The Morgan fingerprint density at radius 1 is 1.33 bits per heavy atom. The SMILES string of the molecule is Cc1cccc(C(NN)C2CCCC2)c1. The second-order valence-corrected chi connectivity index (χ2v) is 4.60. The number of benzene rings is 1. The van der Waals surface area contributed by atoms with E-state index in [1.165, 1.54) is 36.8 Å². The second-order valence-electron chi connectivity index (χ2n) is 4.60. The summed E-state index contributed by atoms with van der Waals surface area (Å²) in [5, 5.41) is 0. The quantitative estimate of drug-likeness (QED) is 0.587. The molecule has 0 amide bonds. The first-order chi connectivity index (χ1) is 7.31. The largest absolute Gasteiger partial charge is 0.271 e. The highest BCUT2D eigenvalue weighted by Crippen LogP contribution is 2.35. The molecule has 1 aliphatic carbocycles. The zero-order valence-corrected chi connectivity index (χ0v) is 9.37. The van der Waals surface area contributed by atoms with Crippen LogP contribution in [0.2, 0.25) is 0 Å². The molecule has 1 unspecified atom stereocenters. The Morgan fingerprint density at radius 3 is 2.67 bits per heavy atom. The summed E-state index contributed by atoms with van der Waals surface area (Å²) in [5.74, 6) is 6.40. The zero-order valence-electron chi connectivity index (χ0n) is 9.37. The van der Waals surface area contributed by atoms with Gasteiger partial charge < -0.3 is 0 Å². The fourth-order valence-electron chi connectivity index (χ4n) is 2.66. The normalized spacial score (nSPS) is 19.3. The summed E-state index contributed by atoms with van der Waals surface area (Å²) >= 11 is 0. The van der Waals surface area contributed by atoms with E-state index in [0.29, 0.717) is 6.04 Å². The van der Waals surface area contributed by atoms with Crippen molar-refractivity contribution in [1.29, 1.82) is 0 Å². The van der Waals surface area contributed by atoms with E-state index in [1.54, 1.807) is 0 Å². The highest BCUT2D eigenvalue weighted by molar-refractivity contribution is 5.25. The number of rotatable bonds is 3. The van der Waals surface area contributed by atoms with Crippen molar-refractivity contribution in [2.24, 2.45) is 11.8 Å². The van der Waals surface area contributed by atoms with Gasteiger partial charge in [0.2, 0.25) is 0 Å². The molecule has 2 nitrogen and oxygen atoms in total. The van der Waals surface area contributed by atoms with Crippen LogP contribution in [0.1, 0.15) is 42.9 Å². The molecule has 0 radical (unpaired) electrons. The van der Waals surface area contributed by atoms with E-state index in [2.05, 4.69) is 36.6 Å². The maximum absolute atomic E-state index is 5.68. The predicted octanol–water partition coefficient (Wildman–Crippen LogP) is 2.69. The van der Waals surface area contributed by atoms with E-state index >= 15 is 0 Å². The van der Waals surface area contributed by atoms with E-state index in [4.69, 9.17) is 5.84 Å². The van der Waals surface area contributed by atoms with Crippen LogP contribution in [0.5, 0.6) is 0 Å². The lowest BCUT2D eigenvalue weighted by atomic mass is 9.91. The molecule has 0 aliphatic heterocycles. The van der Waals surface area contributed by atoms with Gasteiger partial charge in [-0.15, -0.1) is 0 Å². The molecule has 15 heavy (non-hydrogen) atoms. The van der Waals surface area contributed by atoms with Crippen LogP contribution >= 0.6 is 0 Å². The van der Waals surface area contributed by atoms with Gasteiger partial charge in [-0.2, -0.15) is 0 Å². The summed E-state index contributed by atoms with van der Waals surface area (Å²) in [6.07, 6.45) is 5.33. The van der Waals surface area contributed by atoms with Gasteiger partial charge in [-0.25, -0.2) is 0 Å². The maximum atomic E-state index is 5.68. The van der Waals surface area contributed by atoms with Crippen molar-refractivity contribution in [2.45, 2.75) is 38.6 Å². The van der Waals surface area contributed by atoms with E-state index in [-0.39, 0.29) is 0 Å². The van der Waals surface area contributed by atoms with Crippen molar-refractivity contribution in [2.75, 3.05) is 0 Å². The number of nitrogens with one attached hydrogen (secondary N) is 1. The molecule has 1 atom stereocenters. The monoisotopic (exact) mass is 204 g/mol. The minimum Gasteiger partial charge on any atom is -0.271 e. The number of hydrogen-bond acceptors (Lipinski definition) is 2. The fraction of sp³-hybridized carbons (Fsp3) is 0.538. The van der Waals surface area contributed by atoms with Crippen LogP contribution in [0, 0.1) is 12.8 Å². The standard InChI is InChI=1S/C13H20N2/c1-10-5-4-8-12(9-10)13(15-14)11-6-2-3-7-11/h4-5,8-9,11,13,15H,2-3,6-7,14H2,1H3. The third-order valence-corrected chi connectivity index (χ3v) is 3.45. The van der Waals surface area contributed by atoms with Gasteiger partial charge in [0.05, 0.1) is 0 Å². The highest BCUT2D eigenvalue weighted by Gasteiger charge is 2.25. The lowest BCUT2D eigenvalue weighted by Crippen LogP contribution is -2.32.